The summed E-state index contributed by atoms with van der Waals surface area (Å²) in [5, 5.41) is 7.45. The Bertz CT molecular complexity index is 718. The van der Waals surface area contributed by atoms with E-state index >= 15 is 0 Å². The number of aromatic nitrogens is 4. The normalized spacial score (nSPS) is 10.5. The van der Waals surface area contributed by atoms with Gasteiger partial charge < -0.3 is 5.32 Å². The molecule has 0 amide bonds. The van der Waals surface area contributed by atoms with Crippen molar-refractivity contribution in [3.8, 4) is 17.2 Å². The number of hydrogen-bond acceptors (Lipinski definition) is 4. The summed E-state index contributed by atoms with van der Waals surface area (Å²) in [5.41, 5.74) is 1.94. The van der Waals surface area contributed by atoms with Crippen LogP contribution in [0.25, 0.3) is 17.2 Å². The predicted molar refractivity (Wildman–Crippen MR) is 78.9 cm³/mol. The van der Waals surface area contributed by atoms with Crippen LogP contribution in [0.1, 0.15) is 5.69 Å². The van der Waals surface area contributed by atoms with Crippen molar-refractivity contribution in [2.24, 2.45) is 0 Å². The van der Waals surface area contributed by atoms with Gasteiger partial charge in [-0.1, -0.05) is 30.3 Å². The average Bonchev–Trinajstić information content (AvgIpc) is 2.94. The Labute approximate surface area is 117 Å². The van der Waals surface area contributed by atoms with Crippen LogP contribution in [0.4, 0.5) is 5.82 Å². The molecule has 1 aromatic carbocycles. The molecule has 0 bridgehead atoms. The summed E-state index contributed by atoms with van der Waals surface area (Å²) in [6.07, 6.45) is 1.89. The lowest BCUT2D eigenvalue weighted by atomic mass is 10.2. The van der Waals surface area contributed by atoms with Gasteiger partial charge in [-0.05, 0) is 13.0 Å². The second kappa shape index (κ2) is 5.13. The highest BCUT2D eigenvalue weighted by atomic mass is 15.3. The van der Waals surface area contributed by atoms with Gasteiger partial charge in [-0.2, -0.15) is 5.10 Å². The Kier molecular flexibility index (Phi) is 3.16. The zero-order valence-electron chi connectivity index (χ0n) is 11.4. The van der Waals surface area contributed by atoms with E-state index in [1.807, 2.05) is 62.6 Å². The number of nitrogens with zero attached hydrogens (tertiary/aromatic N) is 4. The van der Waals surface area contributed by atoms with Crippen LogP contribution in [-0.4, -0.2) is 26.8 Å². The molecule has 0 aliphatic carbocycles. The van der Waals surface area contributed by atoms with E-state index < -0.39 is 0 Å². The Balaban J connectivity index is 2.12. The molecule has 5 heteroatoms. The van der Waals surface area contributed by atoms with Crippen molar-refractivity contribution in [1.29, 1.82) is 0 Å². The number of rotatable bonds is 3. The van der Waals surface area contributed by atoms with Gasteiger partial charge in [0.2, 0.25) is 0 Å². The van der Waals surface area contributed by atoms with E-state index in [1.54, 1.807) is 4.68 Å². The van der Waals surface area contributed by atoms with Crippen molar-refractivity contribution >= 4 is 5.82 Å². The van der Waals surface area contributed by atoms with Crippen LogP contribution in [-0.2, 0) is 0 Å². The zero-order valence-corrected chi connectivity index (χ0v) is 11.4. The van der Waals surface area contributed by atoms with E-state index in [4.69, 9.17) is 0 Å². The van der Waals surface area contributed by atoms with E-state index in [0.29, 0.717) is 5.82 Å². The second-order valence-corrected chi connectivity index (χ2v) is 4.45. The fourth-order valence-corrected chi connectivity index (χ4v) is 1.94. The Morgan fingerprint density at radius 2 is 1.85 bits per heavy atom. The highest BCUT2D eigenvalue weighted by Crippen LogP contribution is 2.19. The first-order valence-corrected chi connectivity index (χ1v) is 6.41. The Morgan fingerprint density at radius 1 is 1.05 bits per heavy atom. The molecule has 2 aromatic heterocycles. The first kappa shape index (κ1) is 12.3. The summed E-state index contributed by atoms with van der Waals surface area (Å²) in [5.74, 6) is 2.19. The molecule has 0 spiro atoms. The molecular formula is C15H15N5. The number of benzene rings is 1. The Hall–Kier alpha value is -2.69. The van der Waals surface area contributed by atoms with Gasteiger partial charge in [0, 0.05) is 24.9 Å². The lowest BCUT2D eigenvalue weighted by molar-refractivity contribution is 0.828. The number of nitrogens with one attached hydrogen (secondary N) is 1. The van der Waals surface area contributed by atoms with E-state index in [9.17, 15) is 0 Å². The van der Waals surface area contributed by atoms with E-state index in [0.717, 1.165) is 22.9 Å². The molecule has 2 heterocycles. The third-order valence-electron chi connectivity index (χ3n) is 2.96. The molecule has 0 unspecified atom stereocenters. The third-order valence-corrected chi connectivity index (χ3v) is 2.96. The lowest BCUT2D eigenvalue weighted by Gasteiger charge is -2.08. The molecule has 0 aliphatic heterocycles. The largest absolute Gasteiger partial charge is 0.373 e. The summed E-state index contributed by atoms with van der Waals surface area (Å²) in [4.78, 5) is 9.08. The second-order valence-electron chi connectivity index (χ2n) is 4.45. The van der Waals surface area contributed by atoms with Crippen molar-refractivity contribution in [3.05, 3.63) is 54.4 Å². The quantitative estimate of drug-likeness (QED) is 0.791. The van der Waals surface area contributed by atoms with Crippen LogP contribution in [0.2, 0.25) is 0 Å². The monoisotopic (exact) mass is 265 g/mol. The molecule has 3 aromatic rings. The van der Waals surface area contributed by atoms with Crippen LogP contribution in [0.5, 0.6) is 0 Å². The van der Waals surface area contributed by atoms with E-state index in [2.05, 4.69) is 20.4 Å². The first-order chi connectivity index (χ1) is 9.76. The van der Waals surface area contributed by atoms with Gasteiger partial charge in [-0.25, -0.2) is 14.6 Å². The number of anilines is 1. The number of hydrogen-bond donors (Lipinski definition) is 1. The summed E-state index contributed by atoms with van der Waals surface area (Å²) < 4.78 is 1.75. The molecule has 0 radical (unpaired) electrons. The van der Waals surface area contributed by atoms with Crippen molar-refractivity contribution in [2.75, 3.05) is 12.4 Å². The van der Waals surface area contributed by atoms with Gasteiger partial charge in [0.05, 0.1) is 5.69 Å². The predicted octanol–water partition coefficient (Wildman–Crippen LogP) is 2.68. The summed E-state index contributed by atoms with van der Waals surface area (Å²) in [6.45, 7) is 1.95. The smallest absolute Gasteiger partial charge is 0.163 e. The van der Waals surface area contributed by atoms with E-state index in [-0.39, 0.29) is 0 Å². The molecular weight excluding hydrogens is 250 g/mol. The minimum absolute atomic E-state index is 0.681. The maximum absolute atomic E-state index is 4.58. The van der Waals surface area contributed by atoms with Crippen molar-refractivity contribution in [2.45, 2.75) is 6.92 Å². The summed E-state index contributed by atoms with van der Waals surface area (Å²) >= 11 is 0. The molecule has 0 aliphatic rings. The van der Waals surface area contributed by atoms with Crippen LogP contribution in [0.3, 0.4) is 0 Å². The third kappa shape index (κ3) is 2.38. The van der Waals surface area contributed by atoms with Crippen LogP contribution < -0.4 is 5.32 Å². The van der Waals surface area contributed by atoms with Gasteiger partial charge in [0.15, 0.2) is 11.6 Å². The van der Waals surface area contributed by atoms with E-state index in [1.165, 1.54) is 0 Å². The molecule has 100 valence electrons. The maximum Gasteiger partial charge on any atom is 0.163 e. The molecule has 3 rings (SSSR count). The SMILES string of the molecule is CNc1cc(-n2ccc(C)n2)nc(-c2ccccc2)n1. The topological polar surface area (TPSA) is 55.6 Å². The minimum atomic E-state index is 0.681. The van der Waals surface area contributed by atoms with Gasteiger partial charge >= 0.3 is 0 Å². The molecule has 1 N–H and O–H groups in total. The fraction of sp³-hybridized carbons (Fsp3) is 0.133. The molecule has 20 heavy (non-hydrogen) atoms. The first-order valence-electron chi connectivity index (χ1n) is 6.41. The van der Waals surface area contributed by atoms with Crippen molar-refractivity contribution in [1.82, 2.24) is 19.7 Å². The van der Waals surface area contributed by atoms with Gasteiger partial charge in [0.1, 0.15) is 5.82 Å². The van der Waals surface area contributed by atoms with Crippen LogP contribution in [0, 0.1) is 6.92 Å². The lowest BCUT2D eigenvalue weighted by Crippen LogP contribution is -2.04. The van der Waals surface area contributed by atoms with Crippen LogP contribution >= 0.6 is 0 Å². The molecule has 0 saturated carbocycles. The van der Waals surface area contributed by atoms with Gasteiger partial charge in [0.25, 0.3) is 0 Å². The Morgan fingerprint density at radius 3 is 2.50 bits per heavy atom. The van der Waals surface area contributed by atoms with Crippen molar-refractivity contribution in [3.63, 3.8) is 0 Å². The molecule has 0 saturated heterocycles. The van der Waals surface area contributed by atoms with Crippen molar-refractivity contribution < 1.29 is 0 Å². The standard InChI is InChI=1S/C15H15N5/c1-11-8-9-20(19-11)14-10-13(16-2)17-15(18-14)12-6-4-3-5-7-12/h3-10H,1-2H3,(H,16,17,18). The maximum atomic E-state index is 4.58. The molecule has 0 fully saturated rings. The average molecular weight is 265 g/mol. The molecule has 5 nitrogen and oxygen atoms in total. The molecule has 0 atom stereocenters. The van der Waals surface area contributed by atoms with Crippen LogP contribution in [0.15, 0.2) is 48.7 Å². The fourth-order valence-electron chi connectivity index (χ4n) is 1.94. The highest BCUT2D eigenvalue weighted by molar-refractivity contribution is 5.58. The number of aryl methyl sites for hydroxylation is 1. The summed E-state index contributed by atoms with van der Waals surface area (Å²) in [6, 6.07) is 13.7. The highest BCUT2D eigenvalue weighted by Gasteiger charge is 2.08. The summed E-state index contributed by atoms with van der Waals surface area (Å²) in [7, 11) is 1.84. The van der Waals surface area contributed by atoms with Gasteiger partial charge in [-0.15, -0.1) is 0 Å². The van der Waals surface area contributed by atoms with Gasteiger partial charge in [-0.3, -0.25) is 0 Å². The zero-order chi connectivity index (χ0) is 13.9. The minimum Gasteiger partial charge on any atom is -0.373 e.